The molecule has 0 amide bonds. The van der Waals surface area contributed by atoms with Crippen LogP contribution in [0.4, 0.5) is 5.82 Å². The number of methoxy groups -OCH3 is 1. The lowest BCUT2D eigenvalue weighted by Gasteiger charge is -2.20. The van der Waals surface area contributed by atoms with Gasteiger partial charge in [0.2, 0.25) is 0 Å². The molecular formula is C16H21N3O. The molecule has 3 rings (SSSR count). The highest BCUT2D eigenvalue weighted by atomic mass is 16.5. The minimum atomic E-state index is 0.326. The highest BCUT2D eigenvalue weighted by molar-refractivity contribution is 5.94. The number of fused-ring (bicyclic) bond motifs is 1. The van der Waals surface area contributed by atoms with Crippen molar-refractivity contribution in [2.75, 3.05) is 32.1 Å². The van der Waals surface area contributed by atoms with Crippen LogP contribution in [0.2, 0.25) is 0 Å². The van der Waals surface area contributed by atoms with E-state index in [4.69, 9.17) is 9.72 Å². The van der Waals surface area contributed by atoms with E-state index in [1.807, 2.05) is 13.2 Å². The van der Waals surface area contributed by atoms with E-state index in [2.05, 4.69) is 34.5 Å². The van der Waals surface area contributed by atoms with Crippen LogP contribution in [0, 0.1) is 0 Å². The molecule has 1 atom stereocenters. The lowest BCUT2D eigenvalue weighted by Crippen LogP contribution is -2.23. The molecule has 0 radical (unpaired) electrons. The van der Waals surface area contributed by atoms with Gasteiger partial charge in [-0.2, -0.15) is 0 Å². The Morgan fingerprint density at radius 3 is 2.85 bits per heavy atom. The first-order valence-electron chi connectivity index (χ1n) is 7.12. The Balaban J connectivity index is 2.02. The van der Waals surface area contributed by atoms with Crippen molar-refractivity contribution in [1.82, 2.24) is 10.3 Å². The van der Waals surface area contributed by atoms with Crippen LogP contribution >= 0.6 is 0 Å². The zero-order valence-corrected chi connectivity index (χ0v) is 12.1. The standard InChI is InChI=1S/C16H21N3O/c1-17-9-12-10-18-16(15-6-4-3-5-14(12)15)19-8-7-13(11-19)20-2/h3-6,10,13,17H,7-9,11H2,1-2H3. The number of nitrogens with zero attached hydrogens (tertiary/aromatic N) is 2. The molecule has 0 saturated carbocycles. The number of anilines is 1. The molecule has 1 aliphatic heterocycles. The molecule has 1 saturated heterocycles. The second-order valence-electron chi connectivity index (χ2n) is 5.28. The maximum atomic E-state index is 5.46. The number of nitrogens with one attached hydrogen (secondary N) is 1. The molecule has 106 valence electrons. The average molecular weight is 271 g/mol. The Hall–Kier alpha value is -1.65. The van der Waals surface area contributed by atoms with Gasteiger partial charge < -0.3 is 15.0 Å². The first kappa shape index (κ1) is 13.3. The van der Waals surface area contributed by atoms with E-state index in [0.717, 1.165) is 31.9 Å². The number of benzene rings is 1. The summed E-state index contributed by atoms with van der Waals surface area (Å²) in [6, 6.07) is 8.52. The van der Waals surface area contributed by atoms with Crippen molar-refractivity contribution < 1.29 is 4.74 Å². The van der Waals surface area contributed by atoms with Gasteiger partial charge in [-0.1, -0.05) is 24.3 Å². The highest BCUT2D eigenvalue weighted by Crippen LogP contribution is 2.29. The molecule has 1 unspecified atom stereocenters. The van der Waals surface area contributed by atoms with Gasteiger partial charge in [0.25, 0.3) is 0 Å². The van der Waals surface area contributed by atoms with E-state index >= 15 is 0 Å². The summed E-state index contributed by atoms with van der Waals surface area (Å²) < 4.78 is 5.46. The molecule has 1 aromatic heterocycles. The zero-order valence-electron chi connectivity index (χ0n) is 12.1. The third-order valence-corrected chi connectivity index (χ3v) is 4.00. The maximum absolute atomic E-state index is 5.46. The van der Waals surface area contributed by atoms with Gasteiger partial charge in [-0.3, -0.25) is 0 Å². The van der Waals surface area contributed by atoms with Crippen molar-refractivity contribution in [2.45, 2.75) is 19.1 Å². The van der Waals surface area contributed by atoms with Crippen LogP contribution in [-0.2, 0) is 11.3 Å². The van der Waals surface area contributed by atoms with Crippen molar-refractivity contribution in [3.63, 3.8) is 0 Å². The van der Waals surface area contributed by atoms with Crippen LogP contribution < -0.4 is 10.2 Å². The quantitative estimate of drug-likeness (QED) is 0.925. The summed E-state index contributed by atoms with van der Waals surface area (Å²) in [7, 11) is 3.75. The van der Waals surface area contributed by atoms with Crippen LogP contribution in [-0.4, -0.2) is 38.3 Å². The summed E-state index contributed by atoms with van der Waals surface area (Å²) >= 11 is 0. The monoisotopic (exact) mass is 271 g/mol. The summed E-state index contributed by atoms with van der Waals surface area (Å²) in [5.41, 5.74) is 1.24. The van der Waals surface area contributed by atoms with Gasteiger partial charge in [0.15, 0.2) is 0 Å². The van der Waals surface area contributed by atoms with Crippen molar-refractivity contribution in [3.05, 3.63) is 36.0 Å². The molecule has 20 heavy (non-hydrogen) atoms. The predicted octanol–water partition coefficient (Wildman–Crippen LogP) is 2.18. The Labute approximate surface area is 119 Å². The van der Waals surface area contributed by atoms with E-state index in [1.165, 1.54) is 16.3 Å². The largest absolute Gasteiger partial charge is 0.380 e. The molecule has 0 aliphatic carbocycles. The Morgan fingerprint density at radius 1 is 1.35 bits per heavy atom. The number of hydrogen-bond donors (Lipinski definition) is 1. The molecule has 0 spiro atoms. The molecule has 0 bridgehead atoms. The lowest BCUT2D eigenvalue weighted by molar-refractivity contribution is 0.121. The van der Waals surface area contributed by atoms with Crippen LogP contribution in [0.25, 0.3) is 10.8 Å². The number of hydrogen-bond acceptors (Lipinski definition) is 4. The Bertz CT molecular complexity index is 599. The maximum Gasteiger partial charge on any atom is 0.136 e. The van der Waals surface area contributed by atoms with Crippen molar-refractivity contribution >= 4 is 16.6 Å². The topological polar surface area (TPSA) is 37.4 Å². The molecule has 4 heteroatoms. The zero-order chi connectivity index (χ0) is 13.9. The van der Waals surface area contributed by atoms with Gasteiger partial charge in [0.05, 0.1) is 6.10 Å². The number of aromatic nitrogens is 1. The molecule has 1 fully saturated rings. The second-order valence-corrected chi connectivity index (χ2v) is 5.28. The molecule has 1 aromatic carbocycles. The van der Waals surface area contributed by atoms with E-state index in [1.54, 1.807) is 7.11 Å². The van der Waals surface area contributed by atoms with Crippen LogP contribution in [0.1, 0.15) is 12.0 Å². The van der Waals surface area contributed by atoms with Crippen molar-refractivity contribution in [1.29, 1.82) is 0 Å². The summed E-state index contributed by atoms with van der Waals surface area (Å²) in [6.45, 7) is 2.79. The summed E-state index contributed by atoms with van der Waals surface area (Å²) in [5, 5.41) is 5.73. The van der Waals surface area contributed by atoms with E-state index in [0.29, 0.717) is 6.10 Å². The van der Waals surface area contributed by atoms with Gasteiger partial charge in [0, 0.05) is 38.3 Å². The van der Waals surface area contributed by atoms with Crippen LogP contribution in [0.15, 0.2) is 30.5 Å². The lowest BCUT2D eigenvalue weighted by atomic mass is 10.1. The first-order valence-corrected chi connectivity index (χ1v) is 7.12. The predicted molar refractivity (Wildman–Crippen MR) is 82.1 cm³/mol. The smallest absolute Gasteiger partial charge is 0.136 e. The van der Waals surface area contributed by atoms with Gasteiger partial charge in [0.1, 0.15) is 5.82 Å². The summed E-state index contributed by atoms with van der Waals surface area (Å²) in [5.74, 6) is 1.08. The third kappa shape index (κ3) is 2.37. The van der Waals surface area contributed by atoms with Crippen molar-refractivity contribution in [2.24, 2.45) is 0 Å². The van der Waals surface area contributed by atoms with Gasteiger partial charge in [-0.15, -0.1) is 0 Å². The third-order valence-electron chi connectivity index (χ3n) is 4.00. The fraction of sp³-hybridized carbons (Fsp3) is 0.438. The van der Waals surface area contributed by atoms with Crippen LogP contribution in [0.3, 0.4) is 0 Å². The molecule has 2 heterocycles. The minimum absolute atomic E-state index is 0.326. The van der Waals surface area contributed by atoms with Gasteiger partial charge in [-0.05, 0) is 24.4 Å². The number of ether oxygens (including phenoxy) is 1. The normalized spacial score (nSPS) is 18.9. The minimum Gasteiger partial charge on any atom is -0.380 e. The Kier molecular flexibility index (Phi) is 3.85. The highest BCUT2D eigenvalue weighted by Gasteiger charge is 2.24. The van der Waals surface area contributed by atoms with E-state index in [9.17, 15) is 0 Å². The molecular weight excluding hydrogens is 250 g/mol. The molecule has 2 aromatic rings. The van der Waals surface area contributed by atoms with Gasteiger partial charge >= 0.3 is 0 Å². The molecule has 1 N–H and O–H groups in total. The first-order chi connectivity index (χ1) is 9.83. The Morgan fingerprint density at radius 2 is 2.15 bits per heavy atom. The van der Waals surface area contributed by atoms with Gasteiger partial charge in [-0.25, -0.2) is 4.98 Å². The summed E-state index contributed by atoms with van der Waals surface area (Å²) in [6.07, 6.45) is 3.39. The number of pyridine rings is 1. The SMILES string of the molecule is CNCc1cnc(N2CCC(OC)C2)c2ccccc12. The molecule has 4 nitrogen and oxygen atoms in total. The van der Waals surface area contributed by atoms with Crippen molar-refractivity contribution in [3.8, 4) is 0 Å². The fourth-order valence-corrected chi connectivity index (χ4v) is 2.93. The van der Waals surface area contributed by atoms with Crippen LogP contribution in [0.5, 0.6) is 0 Å². The average Bonchev–Trinajstić information content (AvgIpc) is 2.97. The van der Waals surface area contributed by atoms with E-state index < -0.39 is 0 Å². The second kappa shape index (κ2) is 5.77. The van der Waals surface area contributed by atoms with E-state index in [-0.39, 0.29) is 0 Å². The summed E-state index contributed by atoms with van der Waals surface area (Å²) in [4.78, 5) is 7.04. The molecule has 1 aliphatic rings. The fourth-order valence-electron chi connectivity index (χ4n) is 2.93. The number of rotatable bonds is 4.